The Labute approximate surface area is 232 Å². The Morgan fingerprint density at radius 3 is 2.65 bits per heavy atom. The lowest BCUT2D eigenvalue weighted by Gasteiger charge is -2.33. The van der Waals surface area contributed by atoms with Gasteiger partial charge in [0.15, 0.2) is 11.5 Å². The fourth-order valence-electron chi connectivity index (χ4n) is 5.25. The van der Waals surface area contributed by atoms with Crippen molar-refractivity contribution in [2.24, 2.45) is 11.7 Å². The van der Waals surface area contributed by atoms with Gasteiger partial charge >= 0.3 is 0 Å². The zero-order chi connectivity index (χ0) is 28.8. The Kier molecular flexibility index (Phi) is 9.49. The summed E-state index contributed by atoms with van der Waals surface area (Å²) in [6.07, 6.45) is 6.96. The first-order valence-electron chi connectivity index (χ1n) is 13.2. The van der Waals surface area contributed by atoms with Gasteiger partial charge in [-0.3, -0.25) is 9.78 Å². The van der Waals surface area contributed by atoms with E-state index < -0.39 is 23.2 Å². The molecule has 0 saturated heterocycles. The number of carbonyl (C=O) groups is 1. The molecule has 214 valence electrons. The van der Waals surface area contributed by atoms with Crippen molar-refractivity contribution in [3.8, 4) is 22.8 Å². The molecule has 9 nitrogen and oxygen atoms in total. The van der Waals surface area contributed by atoms with Gasteiger partial charge in [0.2, 0.25) is 0 Å². The van der Waals surface area contributed by atoms with Crippen LogP contribution in [0.4, 0.5) is 20.2 Å². The van der Waals surface area contributed by atoms with E-state index in [-0.39, 0.29) is 47.0 Å². The van der Waals surface area contributed by atoms with Crippen LogP contribution in [0.5, 0.6) is 11.5 Å². The van der Waals surface area contributed by atoms with Gasteiger partial charge in [0.05, 0.1) is 36.9 Å². The van der Waals surface area contributed by atoms with E-state index in [1.54, 1.807) is 12.4 Å². The number of pyridine rings is 2. The number of halogens is 2. The van der Waals surface area contributed by atoms with E-state index >= 15 is 8.78 Å². The van der Waals surface area contributed by atoms with E-state index in [2.05, 4.69) is 22.2 Å². The lowest BCUT2D eigenvalue weighted by atomic mass is 9.75. The summed E-state index contributed by atoms with van der Waals surface area (Å²) < 4.78 is 46.1. The number of amides is 1. The van der Waals surface area contributed by atoms with E-state index in [1.807, 2.05) is 6.07 Å². The second-order valence-corrected chi connectivity index (χ2v) is 9.94. The van der Waals surface area contributed by atoms with Crippen LogP contribution in [0, 0.1) is 17.6 Å². The highest BCUT2D eigenvalue weighted by molar-refractivity contribution is 6.07. The smallest absolute Gasteiger partial charge is 0.276 e. The van der Waals surface area contributed by atoms with Gasteiger partial charge in [0, 0.05) is 37.5 Å². The molecule has 2 heterocycles. The van der Waals surface area contributed by atoms with Gasteiger partial charge in [-0.2, -0.15) is 0 Å². The fourth-order valence-corrected chi connectivity index (χ4v) is 5.25. The highest BCUT2D eigenvalue weighted by atomic mass is 19.1. The Bertz CT molecular complexity index is 1360. The van der Waals surface area contributed by atoms with Gasteiger partial charge < -0.3 is 31.0 Å². The molecule has 1 fully saturated rings. The summed E-state index contributed by atoms with van der Waals surface area (Å²) in [7, 11) is 2.82. The third-order valence-corrected chi connectivity index (χ3v) is 7.22. The van der Waals surface area contributed by atoms with Gasteiger partial charge in [0.25, 0.3) is 5.91 Å². The molecule has 1 aliphatic rings. The normalized spacial score (nSPS) is 18.8. The molecule has 1 aromatic carbocycles. The predicted octanol–water partition coefficient (Wildman–Crippen LogP) is 4.91. The molecule has 0 aliphatic heterocycles. The molecule has 4 rings (SSSR count). The largest absolute Gasteiger partial charge is 0.496 e. The molecular formula is C29H35F2N5O4. The summed E-state index contributed by atoms with van der Waals surface area (Å²) in [5.74, 6) is -1.66. The number of ether oxygens (including phenoxy) is 3. The summed E-state index contributed by atoms with van der Waals surface area (Å²) in [6, 6.07) is 5.37. The first kappa shape index (κ1) is 29.2. The zero-order valence-electron chi connectivity index (χ0n) is 22.9. The molecule has 1 aliphatic carbocycles. The number of anilines is 2. The number of aromatic nitrogens is 2. The van der Waals surface area contributed by atoms with Gasteiger partial charge in [-0.25, -0.2) is 13.8 Å². The molecule has 3 atom stereocenters. The molecule has 3 aromatic rings. The predicted molar refractivity (Wildman–Crippen MR) is 148 cm³/mol. The van der Waals surface area contributed by atoms with Crippen molar-refractivity contribution >= 4 is 17.3 Å². The SMILES string of the molecule is CCC1CC(N)CC(c2ccncc2NC(=O)c2nc(-c3c(F)cc(OCCOC)cc3OC)c(F)cc2N)C1. The number of nitrogens with one attached hydrogen (secondary N) is 1. The number of nitrogen functional groups attached to an aromatic ring is 1. The minimum absolute atomic E-state index is 0.0244. The molecule has 1 saturated carbocycles. The van der Waals surface area contributed by atoms with Crippen molar-refractivity contribution in [2.75, 3.05) is 38.5 Å². The van der Waals surface area contributed by atoms with Crippen LogP contribution in [-0.4, -0.2) is 49.4 Å². The molecule has 0 bridgehead atoms. The van der Waals surface area contributed by atoms with Crippen molar-refractivity contribution in [1.29, 1.82) is 0 Å². The Hall–Kier alpha value is -3.83. The molecule has 3 unspecified atom stereocenters. The molecule has 5 N–H and O–H groups in total. The van der Waals surface area contributed by atoms with Crippen molar-refractivity contribution in [3.05, 3.63) is 59.6 Å². The van der Waals surface area contributed by atoms with E-state index in [4.69, 9.17) is 25.7 Å². The lowest BCUT2D eigenvalue weighted by molar-refractivity contribution is 0.102. The van der Waals surface area contributed by atoms with Crippen LogP contribution >= 0.6 is 0 Å². The Morgan fingerprint density at radius 1 is 1.12 bits per heavy atom. The van der Waals surface area contributed by atoms with Crippen molar-refractivity contribution in [3.63, 3.8) is 0 Å². The molecule has 0 spiro atoms. The number of carbonyl (C=O) groups excluding carboxylic acids is 1. The molecule has 40 heavy (non-hydrogen) atoms. The van der Waals surface area contributed by atoms with E-state index in [0.717, 1.165) is 43.4 Å². The fraction of sp³-hybridized carbons (Fsp3) is 0.414. The maximum atomic E-state index is 15.3. The topological polar surface area (TPSA) is 135 Å². The minimum atomic E-state index is -0.914. The summed E-state index contributed by atoms with van der Waals surface area (Å²) in [5, 5.41) is 2.83. The standard InChI is InChI=1S/C29H35F2N5O4/c1-4-16-9-17(11-18(32)10-16)20-5-6-34-15-24(20)35-29(37)28-23(33)14-22(31)27(36-28)26-21(30)12-19(13-25(26)39-3)40-8-7-38-2/h5-6,12-18H,4,7-11,32-33H2,1-3H3,(H,35,37). The zero-order valence-corrected chi connectivity index (χ0v) is 22.9. The van der Waals surface area contributed by atoms with E-state index in [0.29, 0.717) is 18.2 Å². The van der Waals surface area contributed by atoms with Crippen LogP contribution in [-0.2, 0) is 4.74 Å². The Balaban J connectivity index is 1.66. The first-order valence-corrected chi connectivity index (χ1v) is 13.2. The molecular weight excluding hydrogens is 520 g/mol. The van der Waals surface area contributed by atoms with Crippen LogP contribution in [0.3, 0.4) is 0 Å². The van der Waals surface area contributed by atoms with Gasteiger partial charge in [-0.1, -0.05) is 13.3 Å². The number of methoxy groups -OCH3 is 2. The Morgan fingerprint density at radius 2 is 1.93 bits per heavy atom. The second kappa shape index (κ2) is 13.0. The van der Waals surface area contributed by atoms with Crippen molar-refractivity contribution in [2.45, 2.75) is 44.6 Å². The van der Waals surface area contributed by atoms with E-state index in [9.17, 15) is 4.79 Å². The van der Waals surface area contributed by atoms with Crippen molar-refractivity contribution < 1.29 is 27.8 Å². The summed E-state index contributed by atoms with van der Waals surface area (Å²) in [5.41, 5.74) is 12.6. The van der Waals surface area contributed by atoms with Crippen LogP contribution in [0.15, 0.2) is 36.7 Å². The molecule has 1 amide bonds. The number of nitrogens with zero attached hydrogens (tertiary/aromatic N) is 2. The molecule has 2 aromatic heterocycles. The average molecular weight is 556 g/mol. The number of benzene rings is 1. The monoisotopic (exact) mass is 555 g/mol. The van der Waals surface area contributed by atoms with Crippen LogP contribution in [0.25, 0.3) is 11.3 Å². The summed E-state index contributed by atoms with van der Waals surface area (Å²) in [6.45, 7) is 2.62. The van der Waals surface area contributed by atoms with Crippen LogP contribution < -0.4 is 26.3 Å². The highest BCUT2D eigenvalue weighted by Gasteiger charge is 2.29. The van der Waals surface area contributed by atoms with Crippen LogP contribution in [0.2, 0.25) is 0 Å². The number of rotatable bonds is 10. The highest BCUT2D eigenvalue weighted by Crippen LogP contribution is 2.40. The maximum Gasteiger partial charge on any atom is 0.276 e. The number of hydrogen-bond donors (Lipinski definition) is 3. The third-order valence-electron chi connectivity index (χ3n) is 7.22. The molecule has 11 heteroatoms. The van der Waals surface area contributed by atoms with Crippen molar-refractivity contribution in [1.82, 2.24) is 9.97 Å². The molecule has 0 radical (unpaired) electrons. The van der Waals surface area contributed by atoms with Gasteiger partial charge in [-0.05, 0) is 42.7 Å². The maximum absolute atomic E-state index is 15.3. The number of hydrogen-bond acceptors (Lipinski definition) is 8. The second-order valence-electron chi connectivity index (χ2n) is 9.94. The summed E-state index contributed by atoms with van der Waals surface area (Å²) in [4.78, 5) is 21.7. The summed E-state index contributed by atoms with van der Waals surface area (Å²) >= 11 is 0. The lowest BCUT2D eigenvalue weighted by Crippen LogP contribution is -2.32. The van der Waals surface area contributed by atoms with E-state index in [1.165, 1.54) is 20.3 Å². The quantitative estimate of drug-likeness (QED) is 0.301. The van der Waals surface area contributed by atoms with Crippen LogP contribution in [0.1, 0.15) is 54.6 Å². The average Bonchev–Trinajstić information content (AvgIpc) is 2.93. The number of nitrogens with two attached hydrogens (primary N) is 2. The first-order chi connectivity index (χ1) is 19.2. The van der Waals surface area contributed by atoms with Gasteiger partial charge in [0.1, 0.15) is 29.6 Å². The van der Waals surface area contributed by atoms with Gasteiger partial charge in [-0.15, -0.1) is 0 Å². The minimum Gasteiger partial charge on any atom is -0.496 e. The third kappa shape index (κ3) is 6.48.